The average Bonchev–Trinajstić information content (AvgIpc) is 2.55. The van der Waals surface area contributed by atoms with Gasteiger partial charge in [-0.05, 0) is 32.1 Å². The summed E-state index contributed by atoms with van der Waals surface area (Å²) in [4.78, 5) is 11.5. The number of rotatable bonds is 0. The van der Waals surface area contributed by atoms with Crippen molar-refractivity contribution in [1.82, 2.24) is 0 Å². The molecule has 3 aliphatic rings. The molecule has 2 aliphatic carbocycles. The summed E-state index contributed by atoms with van der Waals surface area (Å²) >= 11 is 0. The molecule has 1 aliphatic heterocycles. The Hall–Kier alpha value is -0.830. The monoisotopic (exact) mass is 194 g/mol. The molecule has 0 amide bonds. The molecule has 3 rings (SSSR count). The van der Waals surface area contributed by atoms with Gasteiger partial charge in [-0.3, -0.25) is 4.79 Å². The third-order valence-corrected chi connectivity index (χ3v) is 3.98. The first kappa shape index (κ1) is 8.48. The molecule has 3 heteroatoms. The largest absolute Gasteiger partial charge is 0.459 e. The Bertz CT molecular complexity index is 333. The molecule has 76 valence electrons. The Morgan fingerprint density at radius 2 is 2.36 bits per heavy atom. The summed E-state index contributed by atoms with van der Waals surface area (Å²) in [5.74, 6) is -0.399. The van der Waals surface area contributed by atoms with Crippen LogP contribution in [0.25, 0.3) is 0 Å². The van der Waals surface area contributed by atoms with Crippen molar-refractivity contribution in [3.63, 3.8) is 0 Å². The van der Waals surface area contributed by atoms with E-state index in [1.54, 1.807) is 0 Å². The number of aliphatic hydroxyl groups is 1. The highest BCUT2D eigenvalue weighted by Gasteiger charge is 2.63. The second-order valence-corrected chi connectivity index (χ2v) is 4.78. The van der Waals surface area contributed by atoms with Crippen molar-refractivity contribution >= 4 is 5.97 Å². The average molecular weight is 194 g/mol. The molecule has 3 nitrogen and oxygen atoms in total. The van der Waals surface area contributed by atoms with Crippen LogP contribution in [0, 0.1) is 11.8 Å². The maximum atomic E-state index is 11.5. The number of ether oxygens (including phenoxy) is 1. The van der Waals surface area contributed by atoms with Gasteiger partial charge in [0.15, 0.2) is 0 Å². The summed E-state index contributed by atoms with van der Waals surface area (Å²) in [6.07, 6.45) is 4.37. The van der Waals surface area contributed by atoms with Crippen LogP contribution >= 0.6 is 0 Å². The number of allylic oxidation sites excluding steroid dienone is 1. The fourth-order valence-electron chi connectivity index (χ4n) is 3.30. The molecule has 0 aromatic rings. The van der Waals surface area contributed by atoms with Crippen LogP contribution in [0.1, 0.15) is 26.2 Å². The van der Waals surface area contributed by atoms with E-state index < -0.39 is 11.5 Å². The summed E-state index contributed by atoms with van der Waals surface area (Å²) in [5, 5.41) is 10.5. The van der Waals surface area contributed by atoms with Gasteiger partial charge in [-0.25, -0.2) is 0 Å². The standard InChI is InChI=1S/C11H14O3/c1-6-4-7-2-3-9-11(7,13)8(5-6)10(12)14-9/h5,7-9,13H,2-4H2,1H3/t7?,8?,9-,11+/m1/s1. The van der Waals surface area contributed by atoms with E-state index in [1.165, 1.54) is 5.57 Å². The summed E-state index contributed by atoms with van der Waals surface area (Å²) in [5.41, 5.74) is 0.334. The molecular formula is C11H14O3. The number of carbonyl (C=O) groups excluding carboxylic acids is 1. The molecule has 1 heterocycles. The lowest BCUT2D eigenvalue weighted by atomic mass is 9.72. The molecule has 1 N–H and O–H groups in total. The first-order valence-electron chi connectivity index (χ1n) is 5.22. The third kappa shape index (κ3) is 0.793. The Balaban J connectivity index is 2.11. The van der Waals surface area contributed by atoms with Gasteiger partial charge in [-0.2, -0.15) is 0 Å². The van der Waals surface area contributed by atoms with Crippen molar-refractivity contribution in [3.05, 3.63) is 11.6 Å². The van der Waals surface area contributed by atoms with Crippen molar-refractivity contribution < 1.29 is 14.6 Å². The highest BCUT2D eigenvalue weighted by molar-refractivity contribution is 5.80. The van der Waals surface area contributed by atoms with E-state index in [0.29, 0.717) is 0 Å². The minimum absolute atomic E-state index is 0.231. The van der Waals surface area contributed by atoms with Crippen molar-refractivity contribution in [3.8, 4) is 0 Å². The van der Waals surface area contributed by atoms with E-state index in [-0.39, 0.29) is 18.0 Å². The number of hydrogen-bond acceptors (Lipinski definition) is 3. The Morgan fingerprint density at radius 3 is 3.14 bits per heavy atom. The van der Waals surface area contributed by atoms with E-state index in [1.807, 2.05) is 13.0 Å². The van der Waals surface area contributed by atoms with Crippen LogP contribution in [-0.2, 0) is 9.53 Å². The summed E-state index contributed by atoms with van der Waals surface area (Å²) in [7, 11) is 0. The fourth-order valence-corrected chi connectivity index (χ4v) is 3.30. The molecule has 0 radical (unpaired) electrons. The highest BCUT2D eigenvalue weighted by Crippen LogP contribution is 2.53. The molecule has 0 spiro atoms. The van der Waals surface area contributed by atoms with Crippen LogP contribution in [0.5, 0.6) is 0 Å². The smallest absolute Gasteiger partial charge is 0.316 e. The zero-order valence-corrected chi connectivity index (χ0v) is 8.19. The van der Waals surface area contributed by atoms with Crippen LogP contribution in [0.4, 0.5) is 0 Å². The Labute approximate surface area is 82.8 Å². The third-order valence-electron chi connectivity index (χ3n) is 3.98. The van der Waals surface area contributed by atoms with Gasteiger partial charge in [0.1, 0.15) is 17.6 Å². The maximum absolute atomic E-state index is 11.5. The van der Waals surface area contributed by atoms with Crippen LogP contribution < -0.4 is 0 Å². The molecule has 0 aromatic carbocycles. The lowest BCUT2D eigenvalue weighted by molar-refractivity contribution is -0.143. The van der Waals surface area contributed by atoms with Gasteiger partial charge < -0.3 is 9.84 Å². The molecule has 0 bridgehead atoms. The SMILES string of the molecule is CC1=CC2C(=O)O[C@@H]3CCC(C1)[C@]23O. The second kappa shape index (κ2) is 2.40. The Kier molecular flexibility index (Phi) is 1.45. The molecule has 14 heavy (non-hydrogen) atoms. The van der Waals surface area contributed by atoms with Gasteiger partial charge in [-0.15, -0.1) is 0 Å². The quantitative estimate of drug-likeness (QED) is 0.462. The normalized spacial score (nSPS) is 50.0. The predicted octanol–water partition coefficient (Wildman–Crippen LogP) is 1.02. The molecule has 1 saturated carbocycles. The lowest BCUT2D eigenvalue weighted by Crippen LogP contribution is -2.47. The van der Waals surface area contributed by atoms with Crippen molar-refractivity contribution in [2.75, 3.05) is 0 Å². The highest BCUT2D eigenvalue weighted by atomic mass is 16.6. The molecular weight excluding hydrogens is 180 g/mol. The fraction of sp³-hybridized carbons (Fsp3) is 0.727. The zero-order chi connectivity index (χ0) is 9.92. The molecule has 2 unspecified atom stereocenters. The van der Waals surface area contributed by atoms with Gasteiger partial charge in [-0.1, -0.05) is 11.6 Å². The topological polar surface area (TPSA) is 46.5 Å². The summed E-state index contributed by atoms with van der Waals surface area (Å²) in [6.45, 7) is 2.03. The van der Waals surface area contributed by atoms with Gasteiger partial charge in [0, 0.05) is 0 Å². The van der Waals surface area contributed by atoms with E-state index >= 15 is 0 Å². The number of hydrogen-bond donors (Lipinski definition) is 1. The first-order valence-corrected chi connectivity index (χ1v) is 5.22. The Morgan fingerprint density at radius 1 is 1.57 bits per heavy atom. The van der Waals surface area contributed by atoms with Gasteiger partial charge in [0.25, 0.3) is 0 Å². The van der Waals surface area contributed by atoms with Crippen LogP contribution in [0.15, 0.2) is 11.6 Å². The summed E-state index contributed by atoms with van der Waals surface area (Å²) < 4.78 is 5.22. The van der Waals surface area contributed by atoms with Gasteiger partial charge in [0.05, 0.1) is 0 Å². The van der Waals surface area contributed by atoms with Crippen molar-refractivity contribution in [2.45, 2.75) is 37.9 Å². The first-order chi connectivity index (χ1) is 6.62. The van der Waals surface area contributed by atoms with Crippen molar-refractivity contribution in [1.29, 1.82) is 0 Å². The predicted molar refractivity (Wildman–Crippen MR) is 49.4 cm³/mol. The van der Waals surface area contributed by atoms with Crippen LogP contribution in [0.2, 0.25) is 0 Å². The maximum Gasteiger partial charge on any atom is 0.316 e. The molecule has 1 saturated heterocycles. The molecule has 4 atom stereocenters. The van der Waals surface area contributed by atoms with Crippen LogP contribution in [-0.4, -0.2) is 22.8 Å². The van der Waals surface area contributed by atoms with Gasteiger partial charge in [0.2, 0.25) is 0 Å². The number of esters is 1. The van der Waals surface area contributed by atoms with E-state index in [4.69, 9.17) is 4.74 Å². The lowest BCUT2D eigenvalue weighted by Gasteiger charge is -2.35. The molecule has 2 fully saturated rings. The minimum Gasteiger partial charge on any atom is -0.459 e. The van der Waals surface area contributed by atoms with E-state index in [0.717, 1.165) is 19.3 Å². The summed E-state index contributed by atoms with van der Waals surface area (Å²) in [6, 6.07) is 0. The van der Waals surface area contributed by atoms with Crippen molar-refractivity contribution in [2.24, 2.45) is 11.8 Å². The number of carbonyl (C=O) groups is 1. The zero-order valence-electron chi connectivity index (χ0n) is 8.19. The minimum atomic E-state index is -0.878. The van der Waals surface area contributed by atoms with E-state index in [9.17, 15) is 9.90 Å². The second-order valence-electron chi connectivity index (χ2n) is 4.78. The molecule has 0 aromatic heterocycles. The van der Waals surface area contributed by atoms with Gasteiger partial charge >= 0.3 is 5.97 Å². The van der Waals surface area contributed by atoms with Crippen LogP contribution in [0.3, 0.4) is 0 Å². The van der Waals surface area contributed by atoms with E-state index in [2.05, 4.69) is 0 Å².